The van der Waals surface area contributed by atoms with Crippen molar-refractivity contribution in [2.45, 2.75) is 58.6 Å². The van der Waals surface area contributed by atoms with Crippen molar-refractivity contribution in [2.24, 2.45) is 23.2 Å². The molecule has 0 spiro atoms. The van der Waals surface area contributed by atoms with Gasteiger partial charge >= 0.3 is 0 Å². The Morgan fingerprint density at radius 2 is 2.06 bits per heavy atom. The number of aliphatic hydroxyl groups excluding tert-OH is 1. The van der Waals surface area contributed by atoms with Crippen molar-refractivity contribution in [3.63, 3.8) is 0 Å². The molecule has 1 aliphatic heterocycles. The van der Waals surface area contributed by atoms with Crippen LogP contribution in [0.2, 0.25) is 0 Å². The van der Waals surface area contributed by atoms with Crippen molar-refractivity contribution in [3.8, 4) is 0 Å². The molecule has 34 heavy (non-hydrogen) atoms. The number of morpholine rings is 1. The molecule has 3 aliphatic rings. The van der Waals surface area contributed by atoms with Crippen molar-refractivity contribution in [1.82, 2.24) is 9.88 Å². The van der Waals surface area contributed by atoms with Crippen LogP contribution < -0.4 is 5.32 Å². The second kappa shape index (κ2) is 9.59. The molecule has 0 bridgehead atoms. The summed E-state index contributed by atoms with van der Waals surface area (Å²) in [6, 6.07) is 10.4. The Morgan fingerprint density at radius 1 is 1.32 bits per heavy atom. The fourth-order valence-corrected chi connectivity index (χ4v) is 7.91. The van der Waals surface area contributed by atoms with E-state index in [0.29, 0.717) is 26.3 Å². The van der Waals surface area contributed by atoms with Crippen LogP contribution in [-0.2, 0) is 22.5 Å². The number of aromatic nitrogens is 1. The number of hydrogen-bond acceptors (Lipinski definition) is 6. The first kappa shape index (κ1) is 23.8. The first-order valence-electron chi connectivity index (χ1n) is 12.7. The molecule has 2 aliphatic carbocycles. The largest absolute Gasteiger partial charge is 0.392 e. The van der Waals surface area contributed by atoms with E-state index in [-0.39, 0.29) is 35.0 Å². The lowest BCUT2D eigenvalue weighted by molar-refractivity contribution is -0.148. The average Bonchev–Trinajstić information content (AvgIpc) is 3.26. The topological polar surface area (TPSA) is 74.7 Å². The second-order valence-electron chi connectivity index (χ2n) is 10.7. The number of nitrogens with zero attached hydrogens (tertiary/aromatic N) is 2. The zero-order valence-corrected chi connectivity index (χ0v) is 21.3. The third-order valence-electron chi connectivity index (χ3n) is 8.56. The highest BCUT2D eigenvalue weighted by molar-refractivity contribution is 7.15. The Labute approximate surface area is 206 Å². The first-order valence-corrected chi connectivity index (χ1v) is 13.5. The molecule has 0 radical (unpaired) electrons. The summed E-state index contributed by atoms with van der Waals surface area (Å²) >= 11 is 1.77. The van der Waals surface area contributed by atoms with Gasteiger partial charge < -0.3 is 20.1 Å². The van der Waals surface area contributed by atoms with E-state index in [4.69, 9.17) is 9.72 Å². The van der Waals surface area contributed by atoms with E-state index in [2.05, 4.69) is 43.4 Å². The van der Waals surface area contributed by atoms with Crippen LogP contribution in [0.15, 0.2) is 30.3 Å². The van der Waals surface area contributed by atoms with Gasteiger partial charge in [0, 0.05) is 36.3 Å². The predicted molar refractivity (Wildman–Crippen MR) is 135 cm³/mol. The summed E-state index contributed by atoms with van der Waals surface area (Å²) in [6.07, 6.45) is 2.39. The summed E-state index contributed by atoms with van der Waals surface area (Å²) in [6.45, 7) is 9.86. The number of fused-ring (bicyclic) bond motifs is 2. The number of carbonyl (C=O) groups is 1. The SMILES string of the molecule is C[C@H](C(=O)N1CCOCC1)[C@@H]1CC[C@]2(C)Cc3sc(NCc4ccccc4)nc3[C@H](C)[C@@H]2[C@H]1O. The fourth-order valence-electron chi connectivity index (χ4n) is 6.65. The molecular formula is C27H37N3O3S. The predicted octanol–water partition coefficient (Wildman–Crippen LogP) is 4.30. The standard InChI is InChI=1S/C27H37N3O3S/c1-17(25(32)30-11-13-33-14-12-30)20-9-10-27(3)15-21-23(18(2)22(27)24(20)31)29-26(34-21)28-16-19-7-5-4-6-8-19/h4-8,17-18,20,22,24,31H,9-16H2,1-3H3,(H,28,29)/t17-,18+,20-,22+,24-,27+/m0/s1. The van der Waals surface area contributed by atoms with Gasteiger partial charge in [-0.15, -0.1) is 11.3 Å². The van der Waals surface area contributed by atoms with Gasteiger partial charge in [-0.2, -0.15) is 0 Å². The number of ether oxygens (including phenoxy) is 1. The molecule has 1 saturated heterocycles. The highest BCUT2D eigenvalue weighted by Crippen LogP contribution is 2.57. The molecule has 1 saturated carbocycles. The third kappa shape index (κ3) is 4.38. The summed E-state index contributed by atoms with van der Waals surface area (Å²) in [5.74, 6) is 0.265. The number of rotatable bonds is 5. The highest BCUT2D eigenvalue weighted by atomic mass is 32.1. The molecule has 2 aromatic rings. The van der Waals surface area contributed by atoms with Gasteiger partial charge in [0.1, 0.15) is 0 Å². The van der Waals surface area contributed by atoms with Gasteiger partial charge in [0.05, 0.1) is 25.0 Å². The second-order valence-corrected chi connectivity index (χ2v) is 11.8. The minimum atomic E-state index is -0.496. The average molecular weight is 484 g/mol. The van der Waals surface area contributed by atoms with Crippen molar-refractivity contribution < 1.29 is 14.6 Å². The Hall–Kier alpha value is -1.96. The Bertz CT molecular complexity index is 1010. The van der Waals surface area contributed by atoms with Crippen LogP contribution in [0.1, 0.15) is 55.7 Å². The van der Waals surface area contributed by atoms with Crippen molar-refractivity contribution in [1.29, 1.82) is 0 Å². The molecule has 1 amide bonds. The van der Waals surface area contributed by atoms with E-state index in [9.17, 15) is 9.90 Å². The number of aliphatic hydroxyl groups is 1. The zero-order valence-electron chi connectivity index (χ0n) is 20.5. The normalized spacial score (nSPS) is 31.9. The summed E-state index contributed by atoms with van der Waals surface area (Å²) in [5, 5.41) is 16.1. The molecule has 2 N–H and O–H groups in total. The van der Waals surface area contributed by atoms with Crippen LogP contribution in [-0.4, -0.2) is 53.3 Å². The number of thiazole rings is 1. The first-order chi connectivity index (χ1) is 16.4. The molecule has 6 atom stereocenters. The Balaban J connectivity index is 1.32. The Kier molecular flexibility index (Phi) is 6.70. The number of amides is 1. The fraction of sp³-hybridized carbons (Fsp3) is 0.630. The van der Waals surface area contributed by atoms with E-state index in [1.165, 1.54) is 10.4 Å². The number of nitrogens with one attached hydrogen (secondary N) is 1. The molecule has 184 valence electrons. The molecule has 6 nitrogen and oxygen atoms in total. The monoisotopic (exact) mass is 483 g/mol. The zero-order chi connectivity index (χ0) is 23.9. The highest BCUT2D eigenvalue weighted by Gasteiger charge is 2.54. The van der Waals surface area contributed by atoms with Gasteiger partial charge in [-0.3, -0.25) is 4.79 Å². The quantitative estimate of drug-likeness (QED) is 0.663. The number of benzene rings is 1. The molecule has 0 unspecified atom stereocenters. The molecule has 1 aromatic heterocycles. The van der Waals surface area contributed by atoms with Crippen LogP contribution >= 0.6 is 11.3 Å². The van der Waals surface area contributed by atoms with Crippen LogP contribution in [0.5, 0.6) is 0 Å². The lowest BCUT2D eigenvalue weighted by Gasteiger charge is -2.53. The smallest absolute Gasteiger partial charge is 0.225 e. The minimum Gasteiger partial charge on any atom is -0.392 e. The van der Waals surface area contributed by atoms with Crippen molar-refractivity contribution in [2.75, 3.05) is 31.6 Å². The maximum atomic E-state index is 13.2. The summed E-state index contributed by atoms with van der Waals surface area (Å²) in [7, 11) is 0. The van der Waals surface area contributed by atoms with Crippen molar-refractivity contribution >= 4 is 22.4 Å². The summed E-state index contributed by atoms with van der Waals surface area (Å²) in [4.78, 5) is 21.5. The van der Waals surface area contributed by atoms with Crippen molar-refractivity contribution in [3.05, 3.63) is 46.5 Å². The lowest BCUT2D eigenvalue weighted by atomic mass is 9.53. The van der Waals surface area contributed by atoms with Crippen LogP contribution in [0.3, 0.4) is 0 Å². The number of hydrogen-bond donors (Lipinski definition) is 2. The summed E-state index contributed by atoms with van der Waals surface area (Å²) < 4.78 is 5.42. The minimum absolute atomic E-state index is 0.00766. The maximum Gasteiger partial charge on any atom is 0.225 e. The van der Waals surface area contributed by atoms with Gasteiger partial charge in [0.15, 0.2) is 5.13 Å². The van der Waals surface area contributed by atoms with Gasteiger partial charge in [0.25, 0.3) is 0 Å². The van der Waals surface area contributed by atoms with E-state index < -0.39 is 6.10 Å². The molecule has 5 rings (SSSR count). The lowest BCUT2D eigenvalue weighted by Crippen LogP contribution is -2.54. The van der Waals surface area contributed by atoms with Gasteiger partial charge in [-0.05, 0) is 42.1 Å². The molecular weight excluding hydrogens is 446 g/mol. The van der Waals surface area contributed by atoms with E-state index in [1.807, 2.05) is 17.9 Å². The van der Waals surface area contributed by atoms with Crippen LogP contribution in [0.25, 0.3) is 0 Å². The van der Waals surface area contributed by atoms with Gasteiger partial charge in [0.2, 0.25) is 5.91 Å². The number of anilines is 1. The molecule has 2 heterocycles. The van der Waals surface area contributed by atoms with E-state index >= 15 is 0 Å². The van der Waals surface area contributed by atoms with Gasteiger partial charge in [-0.1, -0.05) is 51.1 Å². The number of carbonyl (C=O) groups excluding carboxylic acids is 1. The summed E-state index contributed by atoms with van der Waals surface area (Å²) in [5.41, 5.74) is 2.41. The van der Waals surface area contributed by atoms with Gasteiger partial charge in [-0.25, -0.2) is 4.98 Å². The maximum absolute atomic E-state index is 13.2. The molecule has 7 heteroatoms. The van der Waals surface area contributed by atoms with Crippen LogP contribution in [0, 0.1) is 23.2 Å². The van der Waals surface area contributed by atoms with E-state index in [1.54, 1.807) is 11.3 Å². The van der Waals surface area contributed by atoms with E-state index in [0.717, 1.165) is 36.6 Å². The Morgan fingerprint density at radius 3 is 2.79 bits per heavy atom. The molecule has 2 fully saturated rings. The molecule has 1 aromatic carbocycles. The third-order valence-corrected chi connectivity index (χ3v) is 9.59. The van der Waals surface area contributed by atoms with Crippen LogP contribution in [0.4, 0.5) is 5.13 Å².